The van der Waals surface area contributed by atoms with Crippen LogP contribution in [0.2, 0.25) is 0 Å². The van der Waals surface area contributed by atoms with Crippen LogP contribution in [0.1, 0.15) is 5.56 Å². The van der Waals surface area contributed by atoms with Crippen LogP contribution in [0, 0.1) is 0 Å². The molecule has 2 rings (SSSR count). The second-order valence-electron chi connectivity index (χ2n) is 3.46. The van der Waals surface area contributed by atoms with Crippen molar-refractivity contribution in [2.45, 2.75) is 12.5 Å². The van der Waals surface area contributed by atoms with Crippen molar-refractivity contribution in [3.8, 4) is 0 Å². The largest absolute Gasteiger partial charge is 0.365 e. The maximum Gasteiger partial charge on any atom is 0.0969 e. The lowest BCUT2D eigenvalue weighted by atomic mass is 10.1. The van der Waals surface area contributed by atoms with Crippen LogP contribution in [-0.2, 0) is 11.2 Å². The third-order valence-corrected chi connectivity index (χ3v) is 2.40. The third-order valence-electron chi connectivity index (χ3n) is 2.40. The zero-order valence-electron chi connectivity index (χ0n) is 7.99. The molecule has 1 aromatic rings. The van der Waals surface area contributed by atoms with Gasteiger partial charge in [-0.05, 0) is 24.1 Å². The van der Waals surface area contributed by atoms with E-state index in [1.54, 1.807) is 0 Å². The number of nitrogen functional groups attached to an aromatic ring is 1. The van der Waals surface area contributed by atoms with Gasteiger partial charge in [-0.3, -0.25) is 11.2 Å². The van der Waals surface area contributed by atoms with E-state index in [1.807, 2.05) is 12.1 Å². The molecular weight excluding hydrogens is 178 g/mol. The molecule has 1 atom stereocenters. The van der Waals surface area contributed by atoms with Gasteiger partial charge in [-0.15, -0.1) is 0 Å². The zero-order chi connectivity index (χ0) is 9.80. The molecule has 0 saturated carbocycles. The van der Waals surface area contributed by atoms with E-state index in [0.717, 1.165) is 18.7 Å². The highest BCUT2D eigenvalue weighted by Gasteiger charge is 2.14. The van der Waals surface area contributed by atoms with Crippen molar-refractivity contribution in [3.05, 3.63) is 29.8 Å². The van der Waals surface area contributed by atoms with Crippen molar-refractivity contribution in [2.75, 3.05) is 18.8 Å². The number of hydrazine groups is 1. The second kappa shape index (κ2) is 4.41. The summed E-state index contributed by atoms with van der Waals surface area (Å²) in [5, 5.41) is 3.27. The van der Waals surface area contributed by atoms with Gasteiger partial charge in [0.05, 0.1) is 13.3 Å². The van der Waals surface area contributed by atoms with Crippen LogP contribution in [0.4, 0.5) is 5.69 Å². The van der Waals surface area contributed by atoms with E-state index in [-0.39, 0.29) is 0 Å². The number of hydrogen-bond donors (Lipinski definition) is 3. The van der Waals surface area contributed by atoms with E-state index in [4.69, 9.17) is 10.6 Å². The molecule has 1 aliphatic heterocycles. The lowest BCUT2D eigenvalue weighted by Gasteiger charge is -2.08. The molecule has 4 N–H and O–H groups in total. The molecule has 0 spiro atoms. The summed E-state index contributed by atoms with van der Waals surface area (Å²) in [7, 11) is 0. The number of rotatable bonds is 3. The Balaban J connectivity index is 1.95. The van der Waals surface area contributed by atoms with Crippen LogP contribution in [0.3, 0.4) is 0 Å². The van der Waals surface area contributed by atoms with Crippen LogP contribution in [0.25, 0.3) is 0 Å². The van der Waals surface area contributed by atoms with E-state index in [1.165, 1.54) is 5.56 Å². The predicted molar refractivity (Wildman–Crippen MR) is 55.7 cm³/mol. The minimum atomic E-state index is 0.451. The van der Waals surface area contributed by atoms with Crippen LogP contribution in [0.15, 0.2) is 24.3 Å². The highest BCUT2D eigenvalue weighted by Crippen LogP contribution is 2.11. The number of nitrogens with two attached hydrogens (primary N) is 1. The summed E-state index contributed by atoms with van der Waals surface area (Å²) in [6.07, 6.45) is 1.00. The molecule has 14 heavy (non-hydrogen) atoms. The van der Waals surface area contributed by atoms with Crippen LogP contribution >= 0.6 is 0 Å². The van der Waals surface area contributed by atoms with Gasteiger partial charge in [0.25, 0.3) is 0 Å². The smallest absolute Gasteiger partial charge is 0.0969 e. The maximum absolute atomic E-state index is 5.28. The van der Waals surface area contributed by atoms with Gasteiger partial charge >= 0.3 is 0 Å². The molecule has 0 aliphatic carbocycles. The molecule has 1 saturated heterocycles. The first-order valence-corrected chi connectivity index (χ1v) is 4.75. The van der Waals surface area contributed by atoms with Crippen molar-refractivity contribution < 1.29 is 4.74 Å². The van der Waals surface area contributed by atoms with Gasteiger partial charge in [0.1, 0.15) is 0 Å². The molecule has 0 aromatic heterocycles. The lowest BCUT2D eigenvalue weighted by Crippen LogP contribution is -2.25. The average molecular weight is 193 g/mol. The summed E-state index contributed by atoms with van der Waals surface area (Å²) in [6.45, 7) is 1.48. The zero-order valence-corrected chi connectivity index (χ0v) is 7.99. The van der Waals surface area contributed by atoms with Crippen LogP contribution in [0.5, 0.6) is 0 Å². The molecular formula is C10H15N3O. The summed E-state index contributed by atoms with van der Waals surface area (Å²) in [5.41, 5.74) is 4.84. The molecule has 4 nitrogen and oxygen atoms in total. The molecule has 0 bridgehead atoms. The van der Waals surface area contributed by atoms with Crippen molar-refractivity contribution in [1.82, 2.24) is 5.32 Å². The number of anilines is 1. The van der Waals surface area contributed by atoms with E-state index in [0.29, 0.717) is 12.8 Å². The molecule has 0 unspecified atom stereocenters. The van der Waals surface area contributed by atoms with Gasteiger partial charge in [-0.25, -0.2) is 0 Å². The summed E-state index contributed by atoms with van der Waals surface area (Å²) < 4.78 is 5.23. The molecule has 1 fully saturated rings. The first kappa shape index (κ1) is 9.45. The molecule has 76 valence electrons. The Bertz CT molecular complexity index is 280. The maximum atomic E-state index is 5.28. The summed E-state index contributed by atoms with van der Waals surface area (Å²) >= 11 is 0. The van der Waals surface area contributed by atoms with Gasteiger partial charge in [-0.2, -0.15) is 0 Å². The fourth-order valence-electron chi connectivity index (χ4n) is 1.59. The normalized spacial score (nSPS) is 21.1. The Morgan fingerprint density at radius 2 is 2.21 bits per heavy atom. The Labute approximate surface area is 83.4 Å². The predicted octanol–water partition coefficient (Wildman–Crippen LogP) is 0.461. The number of nitrogens with one attached hydrogen (secondary N) is 2. The van der Waals surface area contributed by atoms with Gasteiger partial charge in [0.15, 0.2) is 0 Å². The topological polar surface area (TPSA) is 59.3 Å². The lowest BCUT2D eigenvalue weighted by molar-refractivity contribution is 0.189. The van der Waals surface area contributed by atoms with Crippen LogP contribution in [-0.4, -0.2) is 19.4 Å². The highest BCUT2D eigenvalue weighted by atomic mass is 16.5. The fraction of sp³-hybridized carbons (Fsp3) is 0.400. The average Bonchev–Trinajstić information content (AvgIpc) is 2.72. The van der Waals surface area contributed by atoms with Crippen molar-refractivity contribution in [3.63, 3.8) is 0 Å². The Morgan fingerprint density at radius 3 is 2.79 bits per heavy atom. The van der Waals surface area contributed by atoms with E-state index in [2.05, 4.69) is 22.9 Å². The Morgan fingerprint density at radius 1 is 1.43 bits per heavy atom. The number of ether oxygens (including phenoxy) is 1. The first-order chi connectivity index (χ1) is 6.88. The van der Waals surface area contributed by atoms with E-state index in [9.17, 15) is 0 Å². The van der Waals surface area contributed by atoms with Gasteiger partial charge < -0.3 is 10.2 Å². The Kier molecular flexibility index (Phi) is 2.98. The Hall–Kier alpha value is -1.10. The standard InChI is InChI=1S/C10H15N3O/c11-13-9-3-1-8(2-4-9)5-10-6-14-7-12-10/h1-4,10,12-13H,5-7,11H2/t10-/m1/s1. The summed E-state index contributed by atoms with van der Waals surface area (Å²) in [6, 6.07) is 8.56. The van der Waals surface area contributed by atoms with E-state index < -0.39 is 0 Å². The molecule has 0 amide bonds. The van der Waals surface area contributed by atoms with E-state index >= 15 is 0 Å². The number of benzene rings is 1. The van der Waals surface area contributed by atoms with Gasteiger partial charge in [-0.1, -0.05) is 12.1 Å². The third kappa shape index (κ3) is 2.23. The van der Waals surface area contributed by atoms with Crippen molar-refractivity contribution in [1.29, 1.82) is 0 Å². The molecule has 0 radical (unpaired) electrons. The fourth-order valence-corrected chi connectivity index (χ4v) is 1.59. The van der Waals surface area contributed by atoms with Crippen LogP contribution < -0.4 is 16.6 Å². The summed E-state index contributed by atoms with van der Waals surface area (Å²) in [4.78, 5) is 0. The minimum Gasteiger partial charge on any atom is -0.365 e. The monoisotopic (exact) mass is 193 g/mol. The SMILES string of the molecule is NNc1ccc(C[C@@H]2COCN2)cc1. The second-order valence-corrected chi connectivity index (χ2v) is 3.46. The van der Waals surface area contributed by atoms with Crippen molar-refractivity contribution in [2.24, 2.45) is 5.84 Å². The van der Waals surface area contributed by atoms with Crippen molar-refractivity contribution >= 4 is 5.69 Å². The molecule has 1 heterocycles. The van der Waals surface area contributed by atoms with Gasteiger partial charge in [0.2, 0.25) is 0 Å². The van der Waals surface area contributed by atoms with Gasteiger partial charge in [0, 0.05) is 11.7 Å². The molecule has 1 aliphatic rings. The highest BCUT2D eigenvalue weighted by molar-refractivity contribution is 5.43. The molecule has 4 heteroatoms. The molecule has 1 aromatic carbocycles. The quantitative estimate of drug-likeness (QED) is 0.482. The minimum absolute atomic E-state index is 0.451. The first-order valence-electron chi connectivity index (χ1n) is 4.75. The number of hydrogen-bond acceptors (Lipinski definition) is 4. The summed E-state index contributed by atoms with van der Waals surface area (Å²) in [5.74, 6) is 5.28.